The van der Waals surface area contributed by atoms with E-state index in [0.29, 0.717) is 13.2 Å². The van der Waals surface area contributed by atoms with Gasteiger partial charge in [0.2, 0.25) is 0 Å². The minimum atomic E-state index is -0.0700. The molecule has 0 saturated carbocycles. The highest BCUT2D eigenvalue weighted by molar-refractivity contribution is 5.51. The molecule has 0 N–H and O–H groups in total. The van der Waals surface area contributed by atoms with Crippen LogP contribution in [-0.4, -0.2) is 26.3 Å². The lowest BCUT2D eigenvalue weighted by atomic mass is 10.0. The van der Waals surface area contributed by atoms with Crippen molar-refractivity contribution in [2.24, 2.45) is 0 Å². The summed E-state index contributed by atoms with van der Waals surface area (Å²) in [6, 6.07) is 5.65. The Balaban J connectivity index is 2.29. The van der Waals surface area contributed by atoms with Crippen LogP contribution >= 0.6 is 0 Å². The van der Waals surface area contributed by atoms with Crippen LogP contribution in [0.4, 0.5) is 10.1 Å². The molecule has 1 aliphatic heterocycles. The predicted molar refractivity (Wildman–Crippen MR) is 63.5 cm³/mol. The van der Waals surface area contributed by atoms with Gasteiger partial charge >= 0.3 is 0 Å². The SMILES string of the molecule is CC(C)c1cccc(N2CCOCC2)c1F. The van der Waals surface area contributed by atoms with Crippen LogP contribution in [0.3, 0.4) is 0 Å². The van der Waals surface area contributed by atoms with Crippen LogP contribution < -0.4 is 4.90 Å². The Morgan fingerprint density at radius 1 is 1.25 bits per heavy atom. The van der Waals surface area contributed by atoms with Gasteiger partial charge in [0.25, 0.3) is 0 Å². The molecule has 1 aromatic carbocycles. The van der Waals surface area contributed by atoms with Gasteiger partial charge in [-0.25, -0.2) is 4.39 Å². The van der Waals surface area contributed by atoms with E-state index in [1.807, 2.05) is 32.0 Å². The van der Waals surface area contributed by atoms with Crippen LogP contribution in [0.15, 0.2) is 18.2 Å². The van der Waals surface area contributed by atoms with E-state index in [4.69, 9.17) is 4.74 Å². The smallest absolute Gasteiger partial charge is 0.149 e. The fourth-order valence-electron chi connectivity index (χ4n) is 2.03. The van der Waals surface area contributed by atoms with Crippen molar-refractivity contribution in [2.75, 3.05) is 31.2 Å². The second kappa shape index (κ2) is 4.83. The first kappa shape index (κ1) is 11.4. The van der Waals surface area contributed by atoms with Crippen molar-refractivity contribution in [1.29, 1.82) is 0 Å². The number of hydrogen-bond donors (Lipinski definition) is 0. The van der Waals surface area contributed by atoms with Crippen LogP contribution in [0.2, 0.25) is 0 Å². The maximum absolute atomic E-state index is 14.2. The van der Waals surface area contributed by atoms with Gasteiger partial charge < -0.3 is 9.64 Å². The third kappa shape index (κ3) is 2.19. The molecular formula is C13H18FNO. The van der Waals surface area contributed by atoms with Gasteiger partial charge in [0, 0.05) is 13.1 Å². The number of nitrogens with zero attached hydrogens (tertiary/aromatic N) is 1. The molecule has 0 unspecified atom stereocenters. The average Bonchev–Trinajstić information content (AvgIpc) is 2.30. The van der Waals surface area contributed by atoms with Crippen molar-refractivity contribution < 1.29 is 9.13 Å². The van der Waals surface area contributed by atoms with Gasteiger partial charge in [-0.3, -0.25) is 0 Å². The summed E-state index contributed by atoms with van der Waals surface area (Å²) in [6.07, 6.45) is 0. The predicted octanol–water partition coefficient (Wildman–Crippen LogP) is 2.79. The van der Waals surface area contributed by atoms with E-state index in [9.17, 15) is 4.39 Å². The van der Waals surface area contributed by atoms with Crippen molar-refractivity contribution in [3.63, 3.8) is 0 Å². The van der Waals surface area contributed by atoms with E-state index in [0.717, 1.165) is 24.3 Å². The van der Waals surface area contributed by atoms with Crippen molar-refractivity contribution in [2.45, 2.75) is 19.8 Å². The number of benzene rings is 1. The van der Waals surface area contributed by atoms with Crippen molar-refractivity contribution in [3.05, 3.63) is 29.6 Å². The number of morpholine rings is 1. The van der Waals surface area contributed by atoms with Crippen LogP contribution in [0, 0.1) is 5.82 Å². The molecule has 1 heterocycles. The normalized spacial score (nSPS) is 16.9. The zero-order valence-electron chi connectivity index (χ0n) is 9.87. The van der Waals surface area contributed by atoms with Crippen LogP contribution in [-0.2, 0) is 4.74 Å². The molecule has 1 aliphatic rings. The second-order valence-electron chi connectivity index (χ2n) is 4.43. The third-order valence-electron chi connectivity index (χ3n) is 2.98. The molecule has 2 nitrogen and oxygen atoms in total. The van der Waals surface area contributed by atoms with E-state index in [2.05, 4.69) is 4.90 Å². The van der Waals surface area contributed by atoms with E-state index in [1.165, 1.54) is 0 Å². The van der Waals surface area contributed by atoms with Gasteiger partial charge in [0.1, 0.15) is 5.82 Å². The molecule has 3 heteroatoms. The summed E-state index contributed by atoms with van der Waals surface area (Å²) < 4.78 is 19.5. The molecule has 1 saturated heterocycles. The molecule has 88 valence electrons. The maximum atomic E-state index is 14.2. The second-order valence-corrected chi connectivity index (χ2v) is 4.43. The monoisotopic (exact) mass is 223 g/mol. The lowest BCUT2D eigenvalue weighted by molar-refractivity contribution is 0.122. The highest BCUT2D eigenvalue weighted by Crippen LogP contribution is 2.27. The average molecular weight is 223 g/mol. The Morgan fingerprint density at radius 2 is 1.94 bits per heavy atom. The van der Waals surface area contributed by atoms with Crippen molar-refractivity contribution in [3.8, 4) is 0 Å². The summed E-state index contributed by atoms with van der Waals surface area (Å²) in [5, 5.41) is 0. The molecule has 0 radical (unpaired) electrons. The molecule has 2 rings (SSSR count). The lowest BCUT2D eigenvalue weighted by Gasteiger charge is -2.29. The fraction of sp³-hybridized carbons (Fsp3) is 0.538. The topological polar surface area (TPSA) is 12.5 Å². The Morgan fingerprint density at radius 3 is 2.56 bits per heavy atom. The quantitative estimate of drug-likeness (QED) is 0.764. The summed E-state index contributed by atoms with van der Waals surface area (Å²) in [6.45, 7) is 6.96. The molecule has 0 amide bonds. The van der Waals surface area contributed by atoms with E-state index in [1.54, 1.807) is 0 Å². The molecule has 1 fully saturated rings. The van der Waals surface area contributed by atoms with Gasteiger partial charge in [0.05, 0.1) is 18.9 Å². The number of ether oxygens (including phenoxy) is 1. The zero-order valence-corrected chi connectivity index (χ0v) is 9.87. The van der Waals surface area contributed by atoms with E-state index >= 15 is 0 Å². The largest absolute Gasteiger partial charge is 0.378 e. The Labute approximate surface area is 96.0 Å². The first-order valence-corrected chi connectivity index (χ1v) is 5.81. The highest BCUT2D eigenvalue weighted by Gasteiger charge is 2.17. The summed E-state index contributed by atoms with van der Waals surface area (Å²) in [7, 11) is 0. The van der Waals surface area contributed by atoms with Gasteiger partial charge in [-0.05, 0) is 17.5 Å². The molecule has 0 aromatic heterocycles. The van der Waals surface area contributed by atoms with Crippen LogP contribution in [0.1, 0.15) is 25.3 Å². The van der Waals surface area contributed by atoms with Gasteiger partial charge in [-0.15, -0.1) is 0 Å². The molecule has 16 heavy (non-hydrogen) atoms. The van der Waals surface area contributed by atoms with Crippen LogP contribution in [0.25, 0.3) is 0 Å². The maximum Gasteiger partial charge on any atom is 0.149 e. The Kier molecular flexibility index (Phi) is 3.44. The molecule has 0 atom stereocenters. The zero-order chi connectivity index (χ0) is 11.5. The minimum absolute atomic E-state index is 0.0700. The van der Waals surface area contributed by atoms with E-state index < -0.39 is 0 Å². The molecule has 0 aliphatic carbocycles. The van der Waals surface area contributed by atoms with Gasteiger partial charge in [-0.1, -0.05) is 26.0 Å². The molecule has 0 spiro atoms. The Bertz CT molecular complexity index is 359. The number of rotatable bonds is 2. The number of anilines is 1. The van der Waals surface area contributed by atoms with Crippen molar-refractivity contribution in [1.82, 2.24) is 0 Å². The molecule has 0 bridgehead atoms. The summed E-state index contributed by atoms with van der Waals surface area (Å²) in [5.41, 5.74) is 1.51. The highest BCUT2D eigenvalue weighted by atomic mass is 19.1. The minimum Gasteiger partial charge on any atom is -0.378 e. The van der Waals surface area contributed by atoms with E-state index in [-0.39, 0.29) is 11.7 Å². The summed E-state index contributed by atoms with van der Waals surface area (Å²) in [5.74, 6) is 0.153. The number of hydrogen-bond acceptors (Lipinski definition) is 2. The third-order valence-corrected chi connectivity index (χ3v) is 2.98. The van der Waals surface area contributed by atoms with Gasteiger partial charge in [-0.2, -0.15) is 0 Å². The fourth-order valence-corrected chi connectivity index (χ4v) is 2.03. The summed E-state index contributed by atoms with van der Waals surface area (Å²) in [4.78, 5) is 2.06. The number of halogens is 1. The first-order chi connectivity index (χ1) is 7.70. The Hall–Kier alpha value is -1.09. The van der Waals surface area contributed by atoms with Crippen LogP contribution in [0.5, 0.6) is 0 Å². The van der Waals surface area contributed by atoms with Gasteiger partial charge in [0.15, 0.2) is 0 Å². The first-order valence-electron chi connectivity index (χ1n) is 5.81. The summed E-state index contributed by atoms with van der Waals surface area (Å²) >= 11 is 0. The molecule has 1 aromatic rings. The lowest BCUT2D eigenvalue weighted by Crippen LogP contribution is -2.36. The van der Waals surface area contributed by atoms with Crippen molar-refractivity contribution >= 4 is 5.69 Å². The molecular weight excluding hydrogens is 205 g/mol. The standard InChI is InChI=1S/C13H18FNO/c1-10(2)11-4-3-5-12(13(11)14)15-6-8-16-9-7-15/h3-5,10H,6-9H2,1-2H3.